The van der Waals surface area contributed by atoms with Crippen molar-refractivity contribution in [3.63, 3.8) is 0 Å². The van der Waals surface area contributed by atoms with Gasteiger partial charge in [0, 0.05) is 24.0 Å². The van der Waals surface area contributed by atoms with Crippen LogP contribution >= 0.6 is 15.9 Å². The van der Waals surface area contributed by atoms with Gasteiger partial charge in [0.05, 0.1) is 17.2 Å². The monoisotopic (exact) mass is 691 g/mol. The number of rotatable bonds is 14. The molecule has 0 saturated heterocycles. The maximum absolute atomic E-state index is 14.4. The summed E-state index contributed by atoms with van der Waals surface area (Å²) in [5.41, 5.74) is 3.05. The van der Waals surface area contributed by atoms with E-state index in [1.807, 2.05) is 75.4 Å². The van der Waals surface area contributed by atoms with Crippen molar-refractivity contribution in [2.45, 2.75) is 44.7 Å². The molecular formula is C35H38BrN3O5S. The molecule has 0 unspecified atom stereocenters. The number of anilines is 1. The number of halogens is 1. The minimum atomic E-state index is -4.19. The van der Waals surface area contributed by atoms with Gasteiger partial charge >= 0.3 is 0 Å². The van der Waals surface area contributed by atoms with Gasteiger partial charge in [0.15, 0.2) is 0 Å². The first-order valence-electron chi connectivity index (χ1n) is 14.8. The first-order valence-corrected chi connectivity index (χ1v) is 17.0. The Balaban J connectivity index is 1.79. The predicted molar refractivity (Wildman–Crippen MR) is 181 cm³/mol. The van der Waals surface area contributed by atoms with Crippen molar-refractivity contribution >= 4 is 43.5 Å². The SMILES string of the molecule is CCNC(=O)[C@H](Cc1ccccc1)N(Cc1ccc(C)cc1)C(=O)CN(c1ccc(OCC)cc1)S(=O)(=O)c1ccc(Br)cc1. The highest BCUT2D eigenvalue weighted by Gasteiger charge is 2.34. The van der Waals surface area contributed by atoms with Gasteiger partial charge in [0.1, 0.15) is 18.3 Å². The summed E-state index contributed by atoms with van der Waals surface area (Å²) in [5, 5.41) is 2.88. The Bertz CT molecular complexity index is 1660. The molecule has 0 fully saturated rings. The number of carbonyl (C=O) groups excluding carboxylic acids is 2. The normalized spacial score (nSPS) is 11.8. The Morgan fingerprint density at radius 1 is 0.844 bits per heavy atom. The van der Waals surface area contributed by atoms with Gasteiger partial charge in [0.2, 0.25) is 11.8 Å². The molecule has 45 heavy (non-hydrogen) atoms. The van der Waals surface area contributed by atoms with Crippen LogP contribution in [0.15, 0.2) is 112 Å². The number of sulfonamides is 1. The maximum Gasteiger partial charge on any atom is 0.264 e. The zero-order valence-electron chi connectivity index (χ0n) is 25.6. The van der Waals surface area contributed by atoms with E-state index in [2.05, 4.69) is 21.2 Å². The average molecular weight is 693 g/mol. The lowest BCUT2D eigenvalue weighted by atomic mass is 10.0. The number of hydrogen-bond donors (Lipinski definition) is 1. The molecule has 0 aliphatic carbocycles. The molecule has 4 aromatic rings. The van der Waals surface area contributed by atoms with Crippen LogP contribution in [0.3, 0.4) is 0 Å². The Hall–Kier alpha value is -4.15. The fraction of sp³-hybridized carbons (Fsp3) is 0.257. The molecule has 0 radical (unpaired) electrons. The molecule has 10 heteroatoms. The minimum Gasteiger partial charge on any atom is -0.494 e. The third kappa shape index (κ3) is 8.95. The van der Waals surface area contributed by atoms with Gasteiger partial charge in [-0.15, -0.1) is 0 Å². The molecule has 0 aliphatic rings. The van der Waals surface area contributed by atoms with E-state index in [0.717, 1.165) is 25.5 Å². The van der Waals surface area contributed by atoms with Crippen molar-refractivity contribution in [2.24, 2.45) is 0 Å². The Kier molecular flexibility index (Phi) is 11.8. The van der Waals surface area contributed by atoms with Crippen LogP contribution in [0.1, 0.15) is 30.5 Å². The lowest BCUT2D eigenvalue weighted by Crippen LogP contribution is -2.53. The first-order chi connectivity index (χ1) is 21.6. The van der Waals surface area contributed by atoms with E-state index in [0.29, 0.717) is 24.6 Å². The second-order valence-corrected chi connectivity index (χ2v) is 13.3. The summed E-state index contributed by atoms with van der Waals surface area (Å²) in [5.74, 6) is -0.253. The molecule has 0 aliphatic heterocycles. The lowest BCUT2D eigenvalue weighted by molar-refractivity contribution is -0.140. The van der Waals surface area contributed by atoms with Crippen LogP contribution in [0.25, 0.3) is 0 Å². The van der Waals surface area contributed by atoms with Crippen LogP contribution in [0.4, 0.5) is 5.69 Å². The molecule has 4 rings (SSSR count). The molecule has 0 spiro atoms. The molecule has 4 aromatic carbocycles. The Labute approximate surface area is 274 Å². The van der Waals surface area contributed by atoms with Gasteiger partial charge in [-0.2, -0.15) is 0 Å². The van der Waals surface area contributed by atoms with Crippen LogP contribution in [-0.2, 0) is 32.6 Å². The van der Waals surface area contributed by atoms with Crippen molar-refractivity contribution in [3.8, 4) is 5.75 Å². The van der Waals surface area contributed by atoms with E-state index in [1.165, 1.54) is 17.0 Å². The second-order valence-electron chi connectivity index (χ2n) is 10.5. The number of aryl methyl sites for hydroxylation is 1. The van der Waals surface area contributed by atoms with E-state index in [9.17, 15) is 18.0 Å². The summed E-state index contributed by atoms with van der Waals surface area (Å²) >= 11 is 3.36. The summed E-state index contributed by atoms with van der Waals surface area (Å²) in [6.07, 6.45) is 0.257. The van der Waals surface area contributed by atoms with Crippen molar-refractivity contribution in [1.82, 2.24) is 10.2 Å². The lowest BCUT2D eigenvalue weighted by Gasteiger charge is -2.34. The number of amides is 2. The number of carbonyl (C=O) groups is 2. The first kappa shape index (κ1) is 33.7. The minimum absolute atomic E-state index is 0.0297. The largest absolute Gasteiger partial charge is 0.494 e. The average Bonchev–Trinajstić information content (AvgIpc) is 3.03. The molecule has 1 atom stereocenters. The molecule has 2 amide bonds. The van der Waals surface area contributed by atoms with E-state index < -0.39 is 28.5 Å². The van der Waals surface area contributed by atoms with Crippen LogP contribution in [0.2, 0.25) is 0 Å². The number of benzene rings is 4. The third-order valence-corrected chi connectivity index (χ3v) is 9.53. The number of hydrogen-bond acceptors (Lipinski definition) is 5. The Morgan fingerprint density at radius 3 is 2.09 bits per heavy atom. The van der Waals surface area contributed by atoms with Crippen LogP contribution < -0.4 is 14.4 Å². The molecule has 8 nitrogen and oxygen atoms in total. The smallest absolute Gasteiger partial charge is 0.264 e. The third-order valence-electron chi connectivity index (χ3n) is 7.21. The fourth-order valence-corrected chi connectivity index (χ4v) is 6.55. The summed E-state index contributed by atoms with van der Waals surface area (Å²) in [6, 6.07) is 29.1. The van der Waals surface area contributed by atoms with Gasteiger partial charge in [-0.3, -0.25) is 13.9 Å². The van der Waals surface area contributed by atoms with Gasteiger partial charge in [-0.05, 0) is 80.4 Å². The van der Waals surface area contributed by atoms with E-state index in [4.69, 9.17) is 4.74 Å². The summed E-state index contributed by atoms with van der Waals surface area (Å²) in [6.45, 7) is 6.08. The van der Waals surface area contributed by atoms with Crippen molar-refractivity contribution in [3.05, 3.63) is 124 Å². The highest BCUT2D eigenvalue weighted by atomic mass is 79.9. The Morgan fingerprint density at radius 2 is 1.49 bits per heavy atom. The van der Waals surface area contributed by atoms with E-state index >= 15 is 0 Å². The quantitative estimate of drug-likeness (QED) is 0.172. The van der Waals surface area contributed by atoms with Gasteiger partial charge in [-0.25, -0.2) is 8.42 Å². The number of ether oxygens (including phenoxy) is 1. The second kappa shape index (κ2) is 15.7. The van der Waals surface area contributed by atoms with Gasteiger partial charge in [-0.1, -0.05) is 76.1 Å². The fourth-order valence-electron chi connectivity index (χ4n) is 4.87. The number of nitrogens with one attached hydrogen (secondary N) is 1. The van der Waals surface area contributed by atoms with Gasteiger partial charge in [0.25, 0.3) is 10.0 Å². The predicted octanol–water partition coefficient (Wildman–Crippen LogP) is 6.13. The standard InChI is InChI=1S/C35H38BrN3O5S/c1-4-37-35(41)33(23-27-9-7-6-8-10-27)38(24-28-13-11-26(3)12-14-28)34(40)25-39(30-17-19-31(20-18-30)44-5-2)45(42,43)32-21-15-29(36)16-22-32/h6-22,33H,4-5,23-25H2,1-3H3,(H,37,41)/t33-/m0/s1. The molecule has 1 N–H and O–H groups in total. The highest BCUT2D eigenvalue weighted by Crippen LogP contribution is 2.28. The summed E-state index contributed by atoms with van der Waals surface area (Å²) in [4.78, 5) is 29.6. The molecule has 0 heterocycles. The zero-order chi connectivity index (χ0) is 32.4. The molecule has 0 bridgehead atoms. The highest BCUT2D eigenvalue weighted by molar-refractivity contribution is 9.10. The number of likely N-dealkylation sites (N-methyl/N-ethyl adjacent to an activating group) is 1. The van der Waals surface area contributed by atoms with Crippen molar-refractivity contribution in [1.29, 1.82) is 0 Å². The molecule has 236 valence electrons. The van der Waals surface area contributed by atoms with Crippen LogP contribution in [0, 0.1) is 6.92 Å². The van der Waals surface area contributed by atoms with Crippen LogP contribution in [-0.4, -0.2) is 50.9 Å². The number of nitrogens with zero attached hydrogens (tertiary/aromatic N) is 2. The van der Waals surface area contributed by atoms with Crippen LogP contribution in [0.5, 0.6) is 5.75 Å². The summed E-state index contributed by atoms with van der Waals surface area (Å²) < 4.78 is 35.6. The topological polar surface area (TPSA) is 96.0 Å². The summed E-state index contributed by atoms with van der Waals surface area (Å²) in [7, 11) is -4.19. The van der Waals surface area contributed by atoms with E-state index in [-0.39, 0.29) is 23.8 Å². The van der Waals surface area contributed by atoms with Crippen molar-refractivity contribution in [2.75, 3.05) is 24.0 Å². The van der Waals surface area contributed by atoms with Gasteiger partial charge < -0.3 is 15.0 Å². The van der Waals surface area contributed by atoms with E-state index in [1.54, 1.807) is 36.4 Å². The molecular weight excluding hydrogens is 654 g/mol. The molecule has 0 aromatic heterocycles. The zero-order valence-corrected chi connectivity index (χ0v) is 28.1. The van der Waals surface area contributed by atoms with Crippen molar-refractivity contribution < 1.29 is 22.7 Å². The maximum atomic E-state index is 14.4. The molecule has 0 saturated carbocycles.